The van der Waals surface area contributed by atoms with E-state index in [2.05, 4.69) is 6.92 Å². The van der Waals surface area contributed by atoms with Crippen molar-refractivity contribution in [2.24, 2.45) is 0 Å². The van der Waals surface area contributed by atoms with E-state index >= 15 is 0 Å². The maximum absolute atomic E-state index is 11.4. The number of rotatable bonds is 18. The zero-order valence-corrected chi connectivity index (χ0v) is 18.9. The minimum absolute atomic E-state index is 0.154. The van der Waals surface area contributed by atoms with Crippen LogP contribution in [0.15, 0.2) is 23.1 Å². The van der Waals surface area contributed by atoms with Crippen molar-refractivity contribution in [2.75, 3.05) is 5.75 Å². The molecule has 1 radical (unpaired) electrons. The van der Waals surface area contributed by atoms with Gasteiger partial charge < -0.3 is 0 Å². The van der Waals surface area contributed by atoms with Crippen molar-refractivity contribution in [3.8, 4) is 5.75 Å². The Hall–Kier alpha value is -0.630. The summed E-state index contributed by atoms with van der Waals surface area (Å²) in [5, 5.41) is 11.4. The Labute approximate surface area is 173 Å². The summed E-state index contributed by atoms with van der Waals surface area (Å²) in [6.07, 6.45) is 22.7. The molecule has 1 nitrogen and oxygen atoms in total. The molecule has 0 heterocycles. The molecule has 155 valence electrons. The average Bonchev–Trinajstić information content (AvgIpc) is 2.67. The van der Waals surface area contributed by atoms with Gasteiger partial charge in [0, 0.05) is 4.90 Å². The van der Waals surface area contributed by atoms with Crippen molar-refractivity contribution in [1.29, 1.82) is 0 Å². The Morgan fingerprint density at radius 3 is 1.56 bits per heavy atom. The topological polar surface area (TPSA) is 19.9 Å². The number of thioether (sulfide) groups is 1. The van der Waals surface area contributed by atoms with Gasteiger partial charge in [0.2, 0.25) is 0 Å². The van der Waals surface area contributed by atoms with Gasteiger partial charge in [0.15, 0.2) is 5.75 Å². The first-order valence-electron chi connectivity index (χ1n) is 11.6. The van der Waals surface area contributed by atoms with Crippen molar-refractivity contribution in [3.63, 3.8) is 0 Å². The van der Waals surface area contributed by atoms with Crippen LogP contribution >= 0.6 is 11.8 Å². The van der Waals surface area contributed by atoms with Crippen LogP contribution in [0.2, 0.25) is 0 Å². The number of aryl methyl sites for hydroxylation is 1. The van der Waals surface area contributed by atoms with E-state index in [1.807, 2.05) is 30.8 Å². The van der Waals surface area contributed by atoms with Gasteiger partial charge in [-0.1, -0.05) is 103 Å². The highest BCUT2D eigenvalue weighted by atomic mass is 32.2. The molecule has 0 aromatic heterocycles. The zero-order valence-electron chi connectivity index (χ0n) is 18.1. The maximum Gasteiger partial charge on any atom is 0.181 e. The van der Waals surface area contributed by atoms with Crippen LogP contribution < -0.4 is 0 Å². The standard InChI is InChI=1S/C25H43OS/c1-3-4-5-6-7-8-9-10-11-12-13-14-15-16-17-18-21-27-24-19-20-25(26)23(2)22-24/h19-20,22H,3-18,21H2,1-2H3. The molecule has 0 spiro atoms. The van der Waals surface area contributed by atoms with Crippen LogP contribution in [-0.4, -0.2) is 5.75 Å². The van der Waals surface area contributed by atoms with Crippen molar-refractivity contribution < 1.29 is 5.11 Å². The molecular formula is C25H43OS. The van der Waals surface area contributed by atoms with Crippen LogP contribution in [0.25, 0.3) is 0 Å². The third-order valence-electron chi connectivity index (χ3n) is 5.41. The Kier molecular flexibility index (Phi) is 15.8. The lowest BCUT2D eigenvalue weighted by atomic mass is 10.0. The van der Waals surface area contributed by atoms with Crippen molar-refractivity contribution in [3.05, 3.63) is 23.8 Å². The largest absolute Gasteiger partial charge is 0.290 e. The first kappa shape index (κ1) is 24.4. The van der Waals surface area contributed by atoms with Crippen molar-refractivity contribution in [1.82, 2.24) is 0 Å². The molecule has 1 aromatic rings. The lowest BCUT2D eigenvalue weighted by molar-refractivity contribution is 0.351. The van der Waals surface area contributed by atoms with Crippen LogP contribution in [0.1, 0.15) is 115 Å². The lowest BCUT2D eigenvalue weighted by Crippen LogP contribution is -1.85. The monoisotopic (exact) mass is 391 g/mol. The second-order valence-corrected chi connectivity index (χ2v) is 9.25. The summed E-state index contributed by atoms with van der Waals surface area (Å²) in [5.74, 6) is 1.33. The smallest absolute Gasteiger partial charge is 0.181 e. The van der Waals surface area contributed by atoms with Crippen LogP contribution in [0.5, 0.6) is 5.75 Å². The van der Waals surface area contributed by atoms with E-state index in [1.165, 1.54) is 113 Å². The fraction of sp³-hybridized carbons (Fsp3) is 0.760. The molecule has 0 aliphatic rings. The summed E-state index contributed by atoms with van der Waals surface area (Å²) in [4.78, 5) is 1.24. The van der Waals surface area contributed by atoms with Gasteiger partial charge in [-0.25, -0.2) is 0 Å². The van der Waals surface area contributed by atoms with Crippen molar-refractivity contribution in [2.45, 2.75) is 121 Å². The van der Waals surface area contributed by atoms with Crippen LogP contribution in [-0.2, 0) is 5.11 Å². The Morgan fingerprint density at radius 2 is 1.11 bits per heavy atom. The van der Waals surface area contributed by atoms with Crippen LogP contribution in [0.4, 0.5) is 0 Å². The van der Waals surface area contributed by atoms with Crippen LogP contribution in [0, 0.1) is 6.92 Å². The molecule has 27 heavy (non-hydrogen) atoms. The first-order chi connectivity index (χ1) is 13.2. The molecule has 0 saturated carbocycles. The SMILES string of the molecule is CCCCCCCCCCCCCCCCCCSc1ccc([O])c(C)c1. The number of unbranched alkanes of at least 4 members (excludes halogenated alkanes) is 15. The fourth-order valence-corrected chi connectivity index (χ4v) is 4.56. The third-order valence-corrected chi connectivity index (χ3v) is 6.49. The predicted octanol–water partition coefficient (Wildman–Crippen LogP) is 9.49. The van der Waals surface area contributed by atoms with E-state index in [4.69, 9.17) is 0 Å². The molecule has 0 bridgehead atoms. The summed E-state index contributed by atoms with van der Waals surface area (Å²) in [5.41, 5.74) is 0.868. The van der Waals surface area contributed by atoms with E-state index in [0.29, 0.717) is 0 Å². The first-order valence-corrected chi connectivity index (χ1v) is 12.6. The quantitative estimate of drug-likeness (QED) is 0.180. The highest BCUT2D eigenvalue weighted by Crippen LogP contribution is 2.26. The van der Waals surface area contributed by atoms with Gasteiger partial charge in [-0.3, -0.25) is 5.11 Å². The molecular weight excluding hydrogens is 348 g/mol. The predicted molar refractivity (Wildman–Crippen MR) is 122 cm³/mol. The van der Waals surface area contributed by atoms with E-state index in [9.17, 15) is 5.11 Å². The fourth-order valence-electron chi connectivity index (χ4n) is 3.55. The Morgan fingerprint density at radius 1 is 0.667 bits per heavy atom. The second-order valence-electron chi connectivity index (χ2n) is 8.08. The molecule has 0 N–H and O–H groups in total. The van der Waals surface area contributed by atoms with Crippen molar-refractivity contribution >= 4 is 11.8 Å². The van der Waals surface area contributed by atoms with E-state index in [1.54, 1.807) is 6.07 Å². The minimum Gasteiger partial charge on any atom is -0.290 e. The molecule has 0 atom stereocenters. The minimum atomic E-state index is 0.154. The van der Waals surface area contributed by atoms with Gasteiger partial charge in [-0.05, 0) is 42.9 Å². The number of benzene rings is 1. The molecule has 0 aliphatic carbocycles. The molecule has 1 rings (SSSR count). The zero-order chi connectivity index (χ0) is 19.6. The van der Waals surface area contributed by atoms with Gasteiger partial charge in [-0.2, -0.15) is 0 Å². The third kappa shape index (κ3) is 14.1. The molecule has 0 unspecified atom stereocenters. The highest BCUT2D eigenvalue weighted by molar-refractivity contribution is 7.99. The second kappa shape index (κ2) is 17.5. The van der Waals surface area contributed by atoms with E-state index < -0.39 is 0 Å². The normalized spacial score (nSPS) is 11.2. The molecule has 0 fully saturated rings. The summed E-state index contributed by atoms with van der Waals surface area (Å²) in [6, 6.07) is 5.69. The Bertz CT molecular complexity index is 458. The number of hydrogen-bond acceptors (Lipinski definition) is 1. The van der Waals surface area contributed by atoms with Gasteiger partial charge in [-0.15, -0.1) is 11.8 Å². The molecule has 1 aromatic carbocycles. The van der Waals surface area contributed by atoms with Gasteiger partial charge in [0.25, 0.3) is 0 Å². The maximum atomic E-state index is 11.4. The Balaban J connectivity index is 1.77. The van der Waals surface area contributed by atoms with Gasteiger partial charge >= 0.3 is 0 Å². The van der Waals surface area contributed by atoms with Gasteiger partial charge in [0.05, 0.1) is 0 Å². The van der Waals surface area contributed by atoms with E-state index in [0.717, 1.165) is 5.56 Å². The highest BCUT2D eigenvalue weighted by Gasteiger charge is 2.00. The average molecular weight is 392 g/mol. The van der Waals surface area contributed by atoms with E-state index in [-0.39, 0.29) is 5.75 Å². The van der Waals surface area contributed by atoms with Gasteiger partial charge in [0.1, 0.15) is 0 Å². The molecule has 0 amide bonds. The summed E-state index contributed by atoms with van der Waals surface area (Å²) in [7, 11) is 0. The summed E-state index contributed by atoms with van der Waals surface area (Å²) >= 11 is 1.89. The lowest BCUT2D eigenvalue weighted by Gasteiger charge is -2.04. The summed E-state index contributed by atoms with van der Waals surface area (Å²) in [6.45, 7) is 4.19. The van der Waals surface area contributed by atoms with Crippen LogP contribution in [0.3, 0.4) is 0 Å². The summed E-state index contributed by atoms with van der Waals surface area (Å²) < 4.78 is 0. The molecule has 0 saturated heterocycles. The molecule has 2 heteroatoms. The molecule has 0 aliphatic heterocycles. The number of hydrogen-bond donors (Lipinski definition) is 0.